The molecule has 2 N–H and O–H groups in total. The molecule has 0 spiro atoms. The van der Waals surface area contributed by atoms with Gasteiger partial charge in [0.15, 0.2) is 0 Å². The SMILES string of the molecule is CC1c2ccsc2CCN1c1ccc(Br)cc1N. The second-order valence-electron chi connectivity index (χ2n) is 4.62. The monoisotopic (exact) mass is 322 g/mol. The number of anilines is 2. The van der Waals surface area contributed by atoms with Crippen LogP contribution in [0.1, 0.15) is 23.4 Å². The van der Waals surface area contributed by atoms with Crippen LogP contribution in [0.5, 0.6) is 0 Å². The van der Waals surface area contributed by atoms with Gasteiger partial charge in [-0.1, -0.05) is 15.9 Å². The lowest BCUT2D eigenvalue weighted by Crippen LogP contribution is -2.33. The lowest BCUT2D eigenvalue weighted by Gasteiger charge is -2.36. The molecule has 2 heterocycles. The van der Waals surface area contributed by atoms with E-state index in [2.05, 4.69) is 51.3 Å². The molecule has 3 rings (SSSR count). The highest BCUT2D eigenvalue weighted by molar-refractivity contribution is 9.10. The largest absolute Gasteiger partial charge is 0.397 e. The van der Waals surface area contributed by atoms with Gasteiger partial charge < -0.3 is 10.6 Å². The molecule has 0 saturated heterocycles. The first kappa shape index (κ1) is 12.1. The maximum absolute atomic E-state index is 6.14. The first-order valence-corrected chi connectivity index (χ1v) is 7.72. The summed E-state index contributed by atoms with van der Waals surface area (Å²) in [5.74, 6) is 0. The van der Waals surface area contributed by atoms with Crippen LogP contribution in [0.25, 0.3) is 0 Å². The number of thiophene rings is 1. The van der Waals surface area contributed by atoms with Crippen molar-refractivity contribution in [2.24, 2.45) is 0 Å². The van der Waals surface area contributed by atoms with Gasteiger partial charge in [-0.3, -0.25) is 0 Å². The van der Waals surface area contributed by atoms with Gasteiger partial charge in [-0.25, -0.2) is 0 Å². The summed E-state index contributed by atoms with van der Waals surface area (Å²) in [7, 11) is 0. The average Bonchev–Trinajstić information content (AvgIpc) is 2.80. The van der Waals surface area contributed by atoms with Gasteiger partial charge in [0.2, 0.25) is 0 Å². The highest BCUT2D eigenvalue weighted by Crippen LogP contribution is 2.38. The van der Waals surface area contributed by atoms with Crippen molar-refractivity contribution in [1.82, 2.24) is 0 Å². The van der Waals surface area contributed by atoms with E-state index in [1.807, 2.05) is 17.4 Å². The molecule has 0 saturated carbocycles. The van der Waals surface area contributed by atoms with Gasteiger partial charge in [0, 0.05) is 15.9 Å². The Bertz CT molecular complexity index is 579. The Morgan fingerprint density at radius 3 is 3.00 bits per heavy atom. The molecule has 1 aliphatic heterocycles. The van der Waals surface area contributed by atoms with Crippen molar-refractivity contribution in [1.29, 1.82) is 0 Å². The van der Waals surface area contributed by atoms with Crippen molar-refractivity contribution in [2.75, 3.05) is 17.2 Å². The van der Waals surface area contributed by atoms with E-state index in [-0.39, 0.29) is 0 Å². The van der Waals surface area contributed by atoms with Crippen LogP contribution in [-0.4, -0.2) is 6.54 Å². The average molecular weight is 323 g/mol. The zero-order valence-electron chi connectivity index (χ0n) is 10.2. The number of rotatable bonds is 1. The third-order valence-electron chi connectivity index (χ3n) is 3.58. The second kappa shape index (κ2) is 4.59. The molecule has 2 nitrogen and oxygen atoms in total. The molecule has 0 radical (unpaired) electrons. The van der Waals surface area contributed by atoms with Crippen molar-refractivity contribution in [2.45, 2.75) is 19.4 Å². The molecule has 0 amide bonds. The molecule has 94 valence electrons. The first-order valence-electron chi connectivity index (χ1n) is 6.05. The summed E-state index contributed by atoms with van der Waals surface area (Å²) in [4.78, 5) is 3.92. The molecule has 1 aromatic carbocycles. The summed E-state index contributed by atoms with van der Waals surface area (Å²) in [6.07, 6.45) is 1.12. The van der Waals surface area contributed by atoms with Crippen LogP contribution in [0.4, 0.5) is 11.4 Å². The van der Waals surface area contributed by atoms with E-state index in [0.717, 1.165) is 28.8 Å². The minimum Gasteiger partial charge on any atom is -0.397 e. The summed E-state index contributed by atoms with van der Waals surface area (Å²) in [6.45, 7) is 3.30. The van der Waals surface area contributed by atoms with Gasteiger partial charge in [0.25, 0.3) is 0 Å². The predicted octanol–water partition coefficient (Wildman–Crippen LogP) is 4.22. The summed E-state index contributed by atoms with van der Waals surface area (Å²) < 4.78 is 1.03. The Labute approximate surface area is 120 Å². The maximum Gasteiger partial charge on any atom is 0.0605 e. The summed E-state index contributed by atoms with van der Waals surface area (Å²) in [5, 5.41) is 2.19. The topological polar surface area (TPSA) is 29.3 Å². The van der Waals surface area contributed by atoms with E-state index < -0.39 is 0 Å². The van der Waals surface area contributed by atoms with Crippen molar-refractivity contribution in [3.05, 3.63) is 44.6 Å². The Morgan fingerprint density at radius 1 is 1.39 bits per heavy atom. The maximum atomic E-state index is 6.14. The standard InChI is InChI=1S/C14H15BrN2S/c1-9-11-5-7-18-14(11)4-6-17(9)13-3-2-10(15)8-12(13)16/h2-3,5,7-9H,4,6,16H2,1H3. The smallest absolute Gasteiger partial charge is 0.0605 e. The number of hydrogen-bond donors (Lipinski definition) is 1. The fraction of sp³-hybridized carbons (Fsp3) is 0.286. The molecule has 4 heteroatoms. The predicted molar refractivity (Wildman–Crippen MR) is 82.3 cm³/mol. The number of nitrogens with two attached hydrogens (primary N) is 1. The van der Waals surface area contributed by atoms with E-state index in [1.54, 1.807) is 0 Å². The van der Waals surface area contributed by atoms with Crippen LogP contribution < -0.4 is 10.6 Å². The van der Waals surface area contributed by atoms with Crippen LogP contribution in [0, 0.1) is 0 Å². The van der Waals surface area contributed by atoms with Gasteiger partial charge in [-0.05, 0) is 48.6 Å². The Hall–Kier alpha value is -1.00. The van der Waals surface area contributed by atoms with E-state index in [1.165, 1.54) is 10.4 Å². The highest BCUT2D eigenvalue weighted by Gasteiger charge is 2.25. The Balaban J connectivity index is 1.99. The summed E-state index contributed by atoms with van der Waals surface area (Å²) in [6, 6.07) is 8.79. The number of hydrogen-bond acceptors (Lipinski definition) is 3. The number of nitrogens with zero attached hydrogens (tertiary/aromatic N) is 1. The van der Waals surface area contributed by atoms with E-state index in [4.69, 9.17) is 5.73 Å². The molecule has 0 aliphatic carbocycles. The fourth-order valence-electron chi connectivity index (χ4n) is 2.63. The van der Waals surface area contributed by atoms with Crippen LogP contribution in [-0.2, 0) is 6.42 Å². The van der Waals surface area contributed by atoms with Crippen molar-refractivity contribution in [3.8, 4) is 0 Å². The van der Waals surface area contributed by atoms with E-state index >= 15 is 0 Å². The molecule has 1 unspecified atom stereocenters. The van der Waals surface area contributed by atoms with E-state index in [9.17, 15) is 0 Å². The minimum absolute atomic E-state index is 0.406. The number of nitrogen functional groups attached to an aromatic ring is 1. The third-order valence-corrected chi connectivity index (χ3v) is 5.07. The van der Waals surface area contributed by atoms with Crippen LogP contribution >= 0.6 is 27.3 Å². The zero-order valence-corrected chi connectivity index (χ0v) is 12.6. The molecular formula is C14H15BrN2S. The molecule has 1 aliphatic rings. The summed E-state index contributed by atoms with van der Waals surface area (Å²) in [5.41, 5.74) is 9.58. The summed E-state index contributed by atoms with van der Waals surface area (Å²) >= 11 is 5.33. The van der Waals surface area contributed by atoms with Crippen molar-refractivity contribution >= 4 is 38.6 Å². The molecule has 18 heavy (non-hydrogen) atoms. The lowest BCUT2D eigenvalue weighted by atomic mass is 10.0. The fourth-order valence-corrected chi connectivity index (χ4v) is 3.97. The van der Waals surface area contributed by atoms with Crippen molar-refractivity contribution < 1.29 is 0 Å². The van der Waals surface area contributed by atoms with Gasteiger partial charge in [-0.2, -0.15) is 0 Å². The number of fused-ring (bicyclic) bond motifs is 1. The van der Waals surface area contributed by atoms with E-state index in [0.29, 0.717) is 6.04 Å². The number of halogens is 1. The van der Waals surface area contributed by atoms with Gasteiger partial charge in [0.1, 0.15) is 0 Å². The molecule has 2 aromatic rings. The molecule has 0 bridgehead atoms. The van der Waals surface area contributed by atoms with Gasteiger partial charge in [-0.15, -0.1) is 11.3 Å². The lowest BCUT2D eigenvalue weighted by molar-refractivity contribution is 0.633. The Morgan fingerprint density at radius 2 is 2.22 bits per heavy atom. The molecule has 0 fully saturated rings. The molecule has 1 aromatic heterocycles. The molecular weight excluding hydrogens is 308 g/mol. The van der Waals surface area contributed by atoms with Crippen LogP contribution in [0.3, 0.4) is 0 Å². The number of benzene rings is 1. The van der Waals surface area contributed by atoms with Gasteiger partial charge >= 0.3 is 0 Å². The highest BCUT2D eigenvalue weighted by atomic mass is 79.9. The zero-order chi connectivity index (χ0) is 12.7. The van der Waals surface area contributed by atoms with Crippen molar-refractivity contribution in [3.63, 3.8) is 0 Å². The third kappa shape index (κ3) is 1.93. The second-order valence-corrected chi connectivity index (χ2v) is 6.54. The van der Waals surface area contributed by atoms with Crippen LogP contribution in [0.15, 0.2) is 34.1 Å². The normalized spacial score (nSPS) is 18.8. The van der Waals surface area contributed by atoms with Crippen LogP contribution in [0.2, 0.25) is 0 Å². The minimum atomic E-state index is 0.406. The quantitative estimate of drug-likeness (QED) is 0.796. The van der Waals surface area contributed by atoms with Gasteiger partial charge in [0.05, 0.1) is 17.4 Å². The Kier molecular flexibility index (Phi) is 3.08. The first-order chi connectivity index (χ1) is 8.66. The molecule has 1 atom stereocenters.